The van der Waals surface area contributed by atoms with Crippen LogP contribution in [0.25, 0.3) is 0 Å². The molecule has 0 bridgehead atoms. The van der Waals surface area contributed by atoms with Crippen LogP contribution in [-0.4, -0.2) is 17.4 Å². The SMILES string of the molecule is CCN(c1ccccc1)c1ccc(C(=O)NCc2ccccc2C)nc1. The third-order valence-electron chi connectivity index (χ3n) is 4.38. The summed E-state index contributed by atoms with van der Waals surface area (Å²) < 4.78 is 0. The Balaban J connectivity index is 1.68. The lowest BCUT2D eigenvalue weighted by Crippen LogP contribution is -2.24. The predicted molar refractivity (Wildman–Crippen MR) is 106 cm³/mol. The number of aryl methyl sites for hydroxylation is 1. The number of hydrogen-bond donors (Lipinski definition) is 1. The number of para-hydroxylation sites is 1. The van der Waals surface area contributed by atoms with E-state index in [4.69, 9.17) is 0 Å². The summed E-state index contributed by atoms with van der Waals surface area (Å²) in [6.45, 7) is 5.46. The van der Waals surface area contributed by atoms with Crippen molar-refractivity contribution >= 4 is 17.3 Å². The average Bonchev–Trinajstić information content (AvgIpc) is 2.69. The van der Waals surface area contributed by atoms with Gasteiger partial charge in [0.25, 0.3) is 5.91 Å². The molecule has 0 saturated heterocycles. The molecule has 26 heavy (non-hydrogen) atoms. The first-order chi connectivity index (χ1) is 12.7. The maximum absolute atomic E-state index is 12.4. The molecule has 0 aliphatic rings. The van der Waals surface area contributed by atoms with Gasteiger partial charge in [-0.1, -0.05) is 42.5 Å². The lowest BCUT2D eigenvalue weighted by Gasteiger charge is -2.23. The Morgan fingerprint density at radius 3 is 2.35 bits per heavy atom. The van der Waals surface area contributed by atoms with Crippen molar-refractivity contribution in [2.45, 2.75) is 20.4 Å². The Morgan fingerprint density at radius 2 is 1.69 bits per heavy atom. The number of amides is 1. The minimum Gasteiger partial charge on any atom is -0.347 e. The number of pyridine rings is 1. The number of hydrogen-bond acceptors (Lipinski definition) is 3. The molecule has 0 spiro atoms. The lowest BCUT2D eigenvalue weighted by molar-refractivity contribution is 0.0946. The van der Waals surface area contributed by atoms with Gasteiger partial charge < -0.3 is 10.2 Å². The van der Waals surface area contributed by atoms with E-state index in [1.807, 2.05) is 55.5 Å². The van der Waals surface area contributed by atoms with Crippen LogP contribution in [0.15, 0.2) is 72.9 Å². The number of aromatic nitrogens is 1. The van der Waals surface area contributed by atoms with Crippen molar-refractivity contribution in [3.05, 3.63) is 89.7 Å². The Morgan fingerprint density at radius 1 is 0.962 bits per heavy atom. The van der Waals surface area contributed by atoms with Gasteiger partial charge >= 0.3 is 0 Å². The van der Waals surface area contributed by atoms with Crippen LogP contribution < -0.4 is 10.2 Å². The fraction of sp³-hybridized carbons (Fsp3) is 0.182. The van der Waals surface area contributed by atoms with E-state index in [1.165, 1.54) is 0 Å². The molecular weight excluding hydrogens is 322 g/mol. The van der Waals surface area contributed by atoms with Crippen LogP contribution in [0.2, 0.25) is 0 Å². The molecule has 3 rings (SSSR count). The maximum atomic E-state index is 12.4. The molecule has 0 atom stereocenters. The van der Waals surface area contributed by atoms with Gasteiger partial charge in [-0.25, -0.2) is 4.98 Å². The molecule has 0 unspecified atom stereocenters. The number of rotatable bonds is 6. The molecule has 132 valence electrons. The minimum atomic E-state index is -0.164. The van der Waals surface area contributed by atoms with Crippen molar-refractivity contribution in [1.29, 1.82) is 0 Å². The third kappa shape index (κ3) is 4.09. The molecule has 1 heterocycles. The first kappa shape index (κ1) is 17.7. The smallest absolute Gasteiger partial charge is 0.270 e. The van der Waals surface area contributed by atoms with Gasteiger partial charge in [0.15, 0.2) is 0 Å². The number of carbonyl (C=O) groups is 1. The molecule has 4 heteroatoms. The summed E-state index contributed by atoms with van der Waals surface area (Å²) in [5.41, 5.74) is 4.77. The molecule has 0 fully saturated rings. The van der Waals surface area contributed by atoms with Gasteiger partial charge in [-0.3, -0.25) is 4.79 Å². The number of nitrogens with one attached hydrogen (secondary N) is 1. The summed E-state index contributed by atoms with van der Waals surface area (Å²) in [7, 11) is 0. The molecule has 2 aromatic carbocycles. The fourth-order valence-electron chi connectivity index (χ4n) is 2.88. The van der Waals surface area contributed by atoms with E-state index in [2.05, 4.69) is 34.3 Å². The predicted octanol–water partition coefficient (Wildman–Crippen LogP) is 4.48. The molecule has 0 radical (unpaired) electrons. The highest BCUT2D eigenvalue weighted by molar-refractivity contribution is 5.92. The van der Waals surface area contributed by atoms with Crippen molar-refractivity contribution in [3.63, 3.8) is 0 Å². The van der Waals surface area contributed by atoms with E-state index in [9.17, 15) is 4.79 Å². The molecule has 0 aliphatic carbocycles. The van der Waals surface area contributed by atoms with Crippen LogP contribution >= 0.6 is 0 Å². The second-order valence-corrected chi connectivity index (χ2v) is 6.09. The molecule has 4 nitrogen and oxygen atoms in total. The standard InChI is InChI=1S/C22H23N3O/c1-3-25(19-11-5-4-6-12-19)20-13-14-21(23-16-20)22(26)24-15-18-10-8-7-9-17(18)2/h4-14,16H,3,15H2,1-2H3,(H,24,26). The summed E-state index contributed by atoms with van der Waals surface area (Å²) in [6.07, 6.45) is 1.75. The highest BCUT2D eigenvalue weighted by Gasteiger charge is 2.11. The topological polar surface area (TPSA) is 45.2 Å². The van der Waals surface area contributed by atoms with E-state index in [0.717, 1.165) is 29.0 Å². The largest absolute Gasteiger partial charge is 0.347 e. The zero-order chi connectivity index (χ0) is 18.4. The molecule has 1 N–H and O–H groups in total. The Labute approximate surface area is 154 Å². The molecule has 0 saturated carbocycles. The lowest BCUT2D eigenvalue weighted by atomic mass is 10.1. The van der Waals surface area contributed by atoms with Crippen molar-refractivity contribution in [3.8, 4) is 0 Å². The van der Waals surface area contributed by atoms with Crippen LogP contribution in [0.4, 0.5) is 11.4 Å². The van der Waals surface area contributed by atoms with E-state index < -0.39 is 0 Å². The number of nitrogens with zero attached hydrogens (tertiary/aromatic N) is 2. The molecule has 1 aromatic heterocycles. The van der Waals surface area contributed by atoms with E-state index in [1.54, 1.807) is 12.3 Å². The van der Waals surface area contributed by atoms with Crippen LogP contribution in [0.1, 0.15) is 28.5 Å². The van der Waals surface area contributed by atoms with Gasteiger partial charge in [0.1, 0.15) is 5.69 Å². The van der Waals surface area contributed by atoms with E-state index >= 15 is 0 Å². The molecule has 1 amide bonds. The first-order valence-electron chi connectivity index (χ1n) is 8.80. The average molecular weight is 345 g/mol. The summed E-state index contributed by atoms with van der Waals surface area (Å²) >= 11 is 0. The summed E-state index contributed by atoms with van der Waals surface area (Å²) in [5, 5.41) is 2.94. The summed E-state index contributed by atoms with van der Waals surface area (Å²) in [5.74, 6) is -0.164. The number of benzene rings is 2. The monoisotopic (exact) mass is 345 g/mol. The van der Waals surface area contributed by atoms with Gasteiger partial charge in [-0.05, 0) is 49.2 Å². The normalized spacial score (nSPS) is 10.4. The van der Waals surface area contributed by atoms with Gasteiger partial charge in [0.2, 0.25) is 0 Å². The summed E-state index contributed by atoms with van der Waals surface area (Å²) in [6, 6.07) is 21.9. The highest BCUT2D eigenvalue weighted by atomic mass is 16.1. The number of carbonyl (C=O) groups excluding carboxylic acids is 1. The van der Waals surface area contributed by atoms with Crippen molar-refractivity contribution < 1.29 is 4.79 Å². The third-order valence-corrected chi connectivity index (χ3v) is 4.38. The molecule has 0 aliphatic heterocycles. The fourth-order valence-corrected chi connectivity index (χ4v) is 2.88. The first-order valence-corrected chi connectivity index (χ1v) is 8.80. The van der Waals surface area contributed by atoms with Crippen LogP contribution in [0.5, 0.6) is 0 Å². The zero-order valence-electron chi connectivity index (χ0n) is 15.1. The minimum absolute atomic E-state index is 0.164. The molecule has 3 aromatic rings. The van der Waals surface area contributed by atoms with E-state index in [0.29, 0.717) is 12.2 Å². The second-order valence-electron chi connectivity index (χ2n) is 6.09. The maximum Gasteiger partial charge on any atom is 0.270 e. The van der Waals surface area contributed by atoms with Crippen molar-refractivity contribution in [2.75, 3.05) is 11.4 Å². The zero-order valence-corrected chi connectivity index (χ0v) is 15.1. The Hall–Kier alpha value is -3.14. The Bertz CT molecular complexity index is 860. The molecular formula is C22H23N3O. The van der Waals surface area contributed by atoms with E-state index in [-0.39, 0.29) is 5.91 Å². The quantitative estimate of drug-likeness (QED) is 0.716. The summed E-state index contributed by atoms with van der Waals surface area (Å²) in [4.78, 5) is 18.9. The van der Waals surface area contributed by atoms with Crippen LogP contribution in [0, 0.1) is 6.92 Å². The van der Waals surface area contributed by atoms with Gasteiger partial charge in [-0.2, -0.15) is 0 Å². The van der Waals surface area contributed by atoms with Crippen LogP contribution in [-0.2, 0) is 6.54 Å². The van der Waals surface area contributed by atoms with Crippen molar-refractivity contribution in [2.24, 2.45) is 0 Å². The second kappa shape index (κ2) is 8.30. The number of anilines is 2. The van der Waals surface area contributed by atoms with Gasteiger partial charge in [0, 0.05) is 18.8 Å². The van der Waals surface area contributed by atoms with Crippen LogP contribution in [0.3, 0.4) is 0 Å². The van der Waals surface area contributed by atoms with Gasteiger partial charge in [-0.15, -0.1) is 0 Å². The van der Waals surface area contributed by atoms with Crippen molar-refractivity contribution in [1.82, 2.24) is 10.3 Å². The Kier molecular flexibility index (Phi) is 5.64. The van der Waals surface area contributed by atoms with Gasteiger partial charge in [0.05, 0.1) is 11.9 Å². The highest BCUT2D eigenvalue weighted by Crippen LogP contribution is 2.24.